The molecule has 0 spiro atoms. The number of hydrogen-bond acceptors (Lipinski definition) is 6. The molecule has 10 heteroatoms. The van der Waals surface area contributed by atoms with Gasteiger partial charge in [-0.1, -0.05) is 12.1 Å². The van der Waals surface area contributed by atoms with E-state index >= 15 is 0 Å². The van der Waals surface area contributed by atoms with Gasteiger partial charge in [0.2, 0.25) is 5.91 Å². The van der Waals surface area contributed by atoms with Crippen LogP contribution in [0.5, 0.6) is 0 Å². The minimum Gasteiger partial charge on any atom is -0.336 e. The number of amides is 3. The Morgan fingerprint density at radius 2 is 2.19 bits per heavy atom. The zero-order valence-electron chi connectivity index (χ0n) is 13.9. The number of hydrogen-bond donors (Lipinski definition) is 2. The van der Waals surface area contributed by atoms with Gasteiger partial charge in [0.1, 0.15) is 5.82 Å². The van der Waals surface area contributed by atoms with Crippen molar-refractivity contribution in [1.29, 1.82) is 0 Å². The van der Waals surface area contributed by atoms with Crippen LogP contribution in [0, 0.1) is 5.82 Å². The van der Waals surface area contributed by atoms with Crippen molar-refractivity contribution in [3.8, 4) is 11.3 Å². The molecule has 2 N–H and O–H groups in total. The molecule has 3 heterocycles. The molecular weight excluding hydrogens is 389 g/mol. The summed E-state index contributed by atoms with van der Waals surface area (Å²) in [5.41, 5.74) is 1.85. The lowest BCUT2D eigenvalue weighted by Crippen LogP contribution is -2.27. The van der Waals surface area contributed by atoms with Gasteiger partial charge in [0, 0.05) is 29.4 Å². The van der Waals surface area contributed by atoms with Crippen LogP contribution in [0.15, 0.2) is 35.0 Å². The summed E-state index contributed by atoms with van der Waals surface area (Å²) < 4.78 is 13.3. The third kappa shape index (κ3) is 3.96. The summed E-state index contributed by atoms with van der Waals surface area (Å²) in [6, 6.07) is 5.96. The van der Waals surface area contributed by atoms with Crippen LogP contribution in [0.3, 0.4) is 0 Å². The maximum absolute atomic E-state index is 13.3. The van der Waals surface area contributed by atoms with Gasteiger partial charge in [-0.3, -0.25) is 9.69 Å². The van der Waals surface area contributed by atoms with E-state index in [0.29, 0.717) is 40.3 Å². The van der Waals surface area contributed by atoms with Crippen LogP contribution in [0.2, 0.25) is 0 Å². The van der Waals surface area contributed by atoms with Gasteiger partial charge in [0.05, 0.1) is 17.8 Å². The average Bonchev–Trinajstić information content (AvgIpc) is 3.36. The predicted molar refractivity (Wildman–Crippen MR) is 103 cm³/mol. The summed E-state index contributed by atoms with van der Waals surface area (Å²) in [6.45, 7) is 1.16. The smallest absolute Gasteiger partial charge is 0.323 e. The number of thiazole rings is 2. The third-order valence-electron chi connectivity index (χ3n) is 3.84. The van der Waals surface area contributed by atoms with E-state index in [1.54, 1.807) is 27.8 Å². The second kappa shape index (κ2) is 7.41. The maximum atomic E-state index is 13.3. The molecule has 0 radical (unpaired) electrons. The zero-order chi connectivity index (χ0) is 18.8. The number of carbonyl (C=O) groups excluding carboxylic acids is 2. The van der Waals surface area contributed by atoms with Gasteiger partial charge in [-0.2, -0.15) is 0 Å². The Morgan fingerprint density at radius 3 is 2.96 bits per heavy atom. The highest BCUT2D eigenvalue weighted by Gasteiger charge is 2.24. The molecule has 4 rings (SSSR count). The molecule has 0 atom stereocenters. The van der Waals surface area contributed by atoms with Crippen molar-refractivity contribution in [3.05, 3.63) is 46.5 Å². The molecule has 1 aliphatic heterocycles. The fraction of sp³-hybridized carbons (Fsp3) is 0.176. The molecule has 0 saturated carbocycles. The lowest BCUT2D eigenvalue weighted by atomic mass is 10.2. The van der Waals surface area contributed by atoms with Crippen LogP contribution >= 0.6 is 22.7 Å². The van der Waals surface area contributed by atoms with Crippen molar-refractivity contribution in [1.82, 2.24) is 15.3 Å². The van der Waals surface area contributed by atoms with Crippen molar-refractivity contribution in [2.45, 2.75) is 6.42 Å². The summed E-state index contributed by atoms with van der Waals surface area (Å²) >= 11 is 2.60. The Bertz CT molecular complexity index is 1000. The molecule has 3 amide bonds. The summed E-state index contributed by atoms with van der Waals surface area (Å²) in [7, 11) is 0. The molecule has 7 nitrogen and oxygen atoms in total. The lowest BCUT2D eigenvalue weighted by Gasteiger charge is -2.08. The summed E-state index contributed by atoms with van der Waals surface area (Å²) in [4.78, 5) is 34.1. The van der Waals surface area contributed by atoms with Crippen molar-refractivity contribution in [2.24, 2.45) is 0 Å². The van der Waals surface area contributed by atoms with E-state index in [1.165, 1.54) is 34.8 Å². The first kappa shape index (κ1) is 17.6. The summed E-state index contributed by atoms with van der Waals surface area (Å²) in [6.07, 6.45) is 0.0842. The highest BCUT2D eigenvalue weighted by Crippen LogP contribution is 2.26. The first-order valence-corrected chi connectivity index (χ1v) is 9.85. The molecule has 138 valence electrons. The standard InChI is InChI=1S/C17H14FN5O2S2/c18-11-3-1-2-10(6-11)13-9-26-15(21-13)22-14(24)7-12-8-27-17(20-12)23-5-4-19-16(23)25/h1-3,6,8-9H,4-5,7H2,(H,19,25)(H,21,22,24). The predicted octanol–water partition coefficient (Wildman–Crippen LogP) is 3.12. The SMILES string of the molecule is O=C(Cc1csc(N2CCNC2=O)n1)Nc1nc(-c2cccc(F)c2)cs1. The second-order valence-electron chi connectivity index (χ2n) is 5.78. The van der Waals surface area contributed by atoms with Crippen LogP contribution in [-0.2, 0) is 11.2 Å². The summed E-state index contributed by atoms with van der Waals surface area (Å²) in [5, 5.41) is 9.99. The molecule has 0 unspecified atom stereocenters. The minimum absolute atomic E-state index is 0.0842. The van der Waals surface area contributed by atoms with E-state index in [4.69, 9.17) is 0 Å². The van der Waals surface area contributed by atoms with Gasteiger partial charge in [0.15, 0.2) is 10.3 Å². The maximum Gasteiger partial charge on any atom is 0.323 e. The highest BCUT2D eigenvalue weighted by molar-refractivity contribution is 7.14. The number of carbonyl (C=O) groups is 2. The van der Waals surface area contributed by atoms with Gasteiger partial charge in [0.25, 0.3) is 0 Å². The number of halogens is 1. The largest absolute Gasteiger partial charge is 0.336 e. The molecule has 0 aliphatic carbocycles. The van der Waals surface area contributed by atoms with Gasteiger partial charge >= 0.3 is 6.03 Å². The first-order valence-electron chi connectivity index (χ1n) is 8.09. The molecule has 3 aromatic rings. The molecule has 1 aromatic carbocycles. The van der Waals surface area contributed by atoms with E-state index in [0.717, 1.165) is 0 Å². The number of aromatic nitrogens is 2. The Balaban J connectivity index is 1.39. The van der Waals surface area contributed by atoms with Crippen LogP contribution in [0.4, 0.5) is 19.4 Å². The van der Waals surface area contributed by atoms with Crippen molar-refractivity contribution in [3.63, 3.8) is 0 Å². The van der Waals surface area contributed by atoms with Crippen molar-refractivity contribution >= 4 is 44.9 Å². The Hall–Kier alpha value is -2.85. The molecule has 2 aromatic heterocycles. The highest BCUT2D eigenvalue weighted by atomic mass is 32.1. The molecule has 0 bridgehead atoms. The number of rotatable bonds is 5. The molecular formula is C17H14FN5O2S2. The van der Waals surface area contributed by atoms with Crippen molar-refractivity contribution < 1.29 is 14.0 Å². The normalized spacial score (nSPS) is 13.7. The van der Waals surface area contributed by atoms with E-state index < -0.39 is 0 Å². The van der Waals surface area contributed by atoms with E-state index in [1.807, 2.05) is 0 Å². The second-order valence-corrected chi connectivity index (χ2v) is 7.47. The Labute approximate surface area is 161 Å². The molecule has 27 heavy (non-hydrogen) atoms. The van der Waals surface area contributed by atoms with Gasteiger partial charge in [-0.05, 0) is 12.1 Å². The number of urea groups is 1. The first-order chi connectivity index (χ1) is 13.1. The van der Waals surface area contributed by atoms with Gasteiger partial charge in [-0.25, -0.2) is 19.2 Å². The van der Waals surface area contributed by atoms with Crippen LogP contribution < -0.4 is 15.5 Å². The fourth-order valence-electron chi connectivity index (χ4n) is 2.60. The average molecular weight is 403 g/mol. The van der Waals surface area contributed by atoms with E-state index in [-0.39, 0.29) is 24.2 Å². The fourth-order valence-corrected chi connectivity index (χ4v) is 4.18. The van der Waals surface area contributed by atoms with E-state index in [2.05, 4.69) is 20.6 Å². The van der Waals surface area contributed by atoms with Gasteiger partial charge < -0.3 is 10.6 Å². The number of anilines is 2. The lowest BCUT2D eigenvalue weighted by molar-refractivity contribution is -0.115. The van der Waals surface area contributed by atoms with E-state index in [9.17, 15) is 14.0 Å². The quantitative estimate of drug-likeness (QED) is 0.685. The molecule has 1 fully saturated rings. The van der Waals surface area contributed by atoms with Gasteiger partial charge in [-0.15, -0.1) is 22.7 Å². The topological polar surface area (TPSA) is 87.2 Å². The monoisotopic (exact) mass is 403 g/mol. The van der Waals surface area contributed by atoms with Crippen LogP contribution in [0.1, 0.15) is 5.69 Å². The Morgan fingerprint density at radius 1 is 1.30 bits per heavy atom. The molecule has 1 aliphatic rings. The van der Waals surface area contributed by atoms with Crippen molar-refractivity contribution in [2.75, 3.05) is 23.3 Å². The third-order valence-corrected chi connectivity index (χ3v) is 5.51. The number of nitrogens with one attached hydrogen (secondary N) is 2. The number of benzene rings is 1. The zero-order valence-corrected chi connectivity index (χ0v) is 15.6. The molecule has 1 saturated heterocycles. The Kier molecular flexibility index (Phi) is 4.82. The number of nitrogens with zero attached hydrogens (tertiary/aromatic N) is 3. The minimum atomic E-state index is -0.336. The summed E-state index contributed by atoms with van der Waals surface area (Å²) in [5.74, 6) is -0.588. The van der Waals surface area contributed by atoms with Crippen LogP contribution in [-0.4, -0.2) is 35.0 Å². The van der Waals surface area contributed by atoms with Crippen LogP contribution in [0.25, 0.3) is 11.3 Å².